The average molecular weight is 222 g/mol. The Bertz CT molecular complexity index is 410. The van der Waals surface area contributed by atoms with E-state index in [0.29, 0.717) is 12.1 Å². The van der Waals surface area contributed by atoms with Crippen LogP contribution in [0.5, 0.6) is 0 Å². The zero-order valence-electron chi connectivity index (χ0n) is 9.80. The molecule has 0 fully saturated rings. The predicted octanol–water partition coefficient (Wildman–Crippen LogP) is 1.60. The van der Waals surface area contributed by atoms with E-state index in [-0.39, 0.29) is 17.0 Å². The fourth-order valence-corrected chi connectivity index (χ4v) is 1.52. The van der Waals surface area contributed by atoms with E-state index in [2.05, 4.69) is 17.2 Å². The summed E-state index contributed by atoms with van der Waals surface area (Å²) in [6.45, 7) is 4.49. The van der Waals surface area contributed by atoms with Gasteiger partial charge in [0.25, 0.3) is 11.5 Å². The van der Waals surface area contributed by atoms with Gasteiger partial charge in [-0.2, -0.15) is 0 Å². The van der Waals surface area contributed by atoms with Crippen LogP contribution in [0.3, 0.4) is 0 Å². The fraction of sp³-hybridized carbons (Fsp3) is 0.500. The third kappa shape index (κ3) is 3.22. The molecule has 0 aliphatic rings. The highest BCUT2D eigenvalue weighted by Crippen LogP contribution is 2.00. The van der Waals surface area contributed by atoms with Crippen molar-refractivity contribution in [3.05, 3.63) is 33.7 Å². The Morgan fingerprint density at radius 1 is 1.44 bits per heavy atom. The molecule has 0 atom stereocenters. The lowest BCUT2D eigenvalue weighted by atomic mass is 10.1. The van der Waals surface area contributed by atoms with Crippen LogP contribution in [0.2, 0.25) is 0 Å². The summed E-state index contributed by atoms with van der Waals surface area (Å²) in [7, 11) is 0. The third-order valence-corrected chi connectivity index (χ3v) is 2.46. The number of rotatable bonds is 5. The van der Waals surface area contributed by atoms with Crippen LogP contribution in [0, 0.1) is 6.92 Å². The summed E-state index contributed by atoms with van der Waals surface area (Å²) < 4.78 is 0. The van der Waals surface area contributed by atoms with Gasteiger partial charge < -0.3 is 10.3 Å². The molecule has 0 spiro atoms. The highest BCUT2D eigenvalue weighted by molar-refractivity contribution is 5.95. The molecule has 2 N–H and O–H groups in total. The minimum atomic E-state index is -0.326. The van der Waals surface area contributed by atoms with Gasteiger partial charge in [-0.25, -0.2) is 0 Å². The van der Waals surface area contributed by atoms with Crippen LogP contribution >= 0.6 is 0 Å². The van der Waals surface area contributed by atoms with Crippen molar-refractivity contribution in [3.8, 4) is 0 Å². The normalized spacial score (nSPS) is 10.1. The molecule has 4 nitrogen and oxygen atoms in total. The Kier molecular flexibility index (Phi) is 4.76. The molecule has 4 heteroatoms. The zero-order chi connectivity index (χ0) is 12.0. The molecular formula is C12H18N2O2. The van der Waals surface area contributed by atoms with Gasteiger partial charge in [0.15, 0.2) is 0 Å². The van der Waals surface area contributed by atoms with Crippen LogP contribution in [-0.2, 0) is 0 Å². The van der Waals surface area contributed by atoms with Crippen LogP contribution < -0.4 is 10.9 Å². The average Bonchev–Trinajstić information content (AvgIpc) is 2.24. The van der Waals surface area contributed by atoms with Crippen molar-refractivity contribution in [1.29, 1.82) is 0 Å². The molecule has 0 radical (unpaired) electrons. The second kappa shape index (κ2) is 6.10. The Labute approximate surface area is 95.1 Å². The summed E-state index contributed by atoms with van der Waals surface area (Å²) in [6.07, 6.45) is 4.70. The van der Waals surface area contributed by atoms with E-state index in [1.165, 1.54) is 0 Å². The predicted molar refractivity (Wildman–Crippen MR) is 63.7 cm³/mol. The van der Waals surface area contributed by atoms with Crippen LogP contribution in [0.4, 0.5) is 0 Å². The molecular weight excluding hydrogens is 204 g/mol. The SMILES string of the molecule is CCCCCNC(=O)c1c(C)cc[nH]c1=O. The Morgan fingerprint density at radius 3 is 2.81 bits per heavy atom. The number of carbonyl (C=O) groups is 1. The first-order valence-electron chi connectivity index (χ1n) is 5.63. The van der Waals surface area contributed by atoms with Crippen LogP contribution in [0.25, 0.3) is 0 Å². The van der Waals surface area contributed by atoms with Gasteiger partial charge in [0.05, 0.1) is 0 Å². The van der Waals surface area contributed by atoms with E-state index < -0.39 is 0 Å². The molecule has 0 aromatic carbocycles. The molecule has 88 valence electrons. The van der Waals surface area contributed by atoms with Gasteiger partial charge in [-0.05, 0) is 25.0 Å². The molecule has 1 heterocycles. The Balaban J connectivity index is 2.63. The van der Waals surface area contributed by atoms with E-state index in [4.69, 9.17) is 0 Å². The second-order valence-electron chi connectivity index (χ2n) is 3.83. The third-order valence-electron chi connectivity index (χ3n) is 2.46. The maximum Gasteiger partial charge on any atom is 0.261 e. The number of aromatic amines is 1. The van der Waals surface area contributed by atoms with Crippen molar-refractivity contribution in [2.75, 3.05) is 6.54 Å². The summed E-state index contributed by atoms with van der Waals surface area (Å²) in [5.74, 6) is -0.282. The number of nitrogens with one attached hydrogen (secondary N) is 2. The van der Waals surface area contributed by atoms with Gasteiger partial charge in [0.1, 0.15) is 5.56 Å². The molecule has 0 bridgehead atoms. The van der Waals surface area contributed by atoms with Crippen molar-refractivity contribution in [2.45, 2.75) is 33.1 Å². The highest BCUT2D eigenvalue weighted by atomic mass is 16.2. The number of hydrogen-bond acceptors (Lipinski definition) is 2. The molecule has 0 aliphatic heterocycles. The summed E-state index contributed by atoms with van der Waals surface area (Å²) in [6, 6.07) is 1.72. The first-order valence-corrected chi connectivity index (χ1v) is 5.63. The standard InChI is InChI=1S/C12H18N2O2/c1-3-4-5-7-13-11(15)10-9(2)6-8-14-12(10)16/h6,8H,3-5,7H2,1-2H3,(H,13,15)(H,14,16). The number of unbranched alkanes of at least 4 members (excludes halogenated alkanes) is 2. The van der Waals surface area contributed by atoms with Gasteiger partial charge >= 0.3 is 0 Å². The van der Waals surface area contributed by atoms with Crippen molar-refractivity contribution >= 4 is 5.91 Å². The van der Waals surface area contributed by atoms with E-state index in [0.717, 1.165) is 19.3 Å². The Hall–Kier alpha value is -1.58. The monoisotopic (exact) mass is 222 g/mol. The molecule has 1 rings (SSSR count). The van der Waals surface area contributed by atoms with Crippen LogP contribution in [-0.4, -0.2) is 17.4 Å². The maximum atomic E-state index is 11.7. The first kappa shape index (κ1) is 12.5. The van der Waals surface area contributed by atoms with E-state index in [1.54, 1.807) is 19.2 Å². The first-order chi connectivity index (χ1) is 7.66. The minimum absolute atomic E-state index is 0.221. The largest absolute Gasteiger partial charge is 0.352 e. The minimum Gasteiger partial charge on any atom is -0.352 e. The number of aryl methyl sites for hydroxylation is 1. The number of amides is 1. The number of H-pyrrole nitrogens is 1. The molecule has 1 amide bonds. The number of hydrogen-bond donors (Lipinski definition) is 2. The van der Waals surface area contributed by atoms with E-state index in [1.807, 2.05) is 0 Å². The van der Waals surface area contributed by atoms with Crippen LogP contribution in [0.15, 0.2) is 17.1 Å². The molecule has 0 unspecified atom stereocenters. The van der Waals surface area contributed by atoms with Crippen LogP contribution in [0.1, 0.15) is 42.1 Å². The summed E-state index contributed by atoms with van der Waals surface area (Å²) in [4.78, 5) is 25.7. The molecule has 16 heavy (non-hydrogen) atoms. The quantitative estimate of drug-likeness (QED) is 0.743. The van der Waals surface area contributed by atoms with Crippen molar-refractivity contribution in [3.63, 3.8) is 0 Å². The van der Waals surface area contributed by atoms with Gasteiger partial charge in [-0.15, -0.1) is 0 Å². The smallest absolute Gasteiger partial charge is 0.261 e. The summed E-state index contributed by atoms with van der Waals surface area (Å²) in [5.41, 5.74) is 0.601. The summed E-state index contributed by atoms with van der Waals surface area (Å²) in [5, 5.41) is 2.76. The zero-order valence-corrected chi connectivity index (χ0v) is 9.80. The lowest BCUT2D eigenvalue weighted by Gasteiger charge is -2.05. The van der Waals surface area contributed by atoms with Crippen molar-refractivity contribution in [2.24, 2.45) is 0 Å². The molecule has 0 aliphatic carbocycles. The van der Waals surface area contributed by atoms with E-state index in [9.17, 15) is 9.59 Å². The topological polar surface area (TPSA) is 62.0 Å². The lowest BCUT2D eigenvalue weighted by molar-refractivity contribution is 0.0951. The Morgan fingerprint density at radius 2 is 2.19 bits per heavy atom. The number of pyridine rings is 1. The molecule has 1 aromatic rings. The molecule has 0 saturated carbocycles. The maximum absolute atomic E-state index is 11.7. The lowest BCUT2D eigenvalue weighted by Crippen LogP contribution is -2.31. The van der Waals surface area contributed by atoms with Crippen molar-refractivity contribution < 1.29 is 4.79 Å². The van der Waals surface area contributed by atoms with Gasteiger partial charge in [0, 0.05) is 12.7 Å². The van der Waals surface area contributed by atoms with Gasteiger partial charge in [-0.3, -0.25) is 9.59 Å². The molecule has 1 aromatic heterocycles. The highest BCUT2D eigenvalue weighted by Gasteiger charge is 2.11. The summed E-state index contributed by atoms with van der Waals surface area (Å²) >= 11 is 0. The van der Waals surface area contributed by atoms with Crippen molar-refractivity contribution in [1.82, 2.24) is 10.3 Å². The molecule has 0 saturated heterocycles. The fourth-order valence-electron chi connectivity index (χ4n) is 1.52. The van der Waals surface area contributed by atoms with E-state index >= 15 is 0 Å². The van der Waals surface area contributed by atoms with Gasteiger partial charge in [-0.1, -0.05) is 19.8 Å². The number of aromatic nitrogens is 1. The number of carbonyl (C=O) groups excluding carboxylic acids is 1. The second-order valence-corrected chi connectivity index (χ2v) is 3.83. The van der Waals surface area contributed by atoms with Gasteiger partial charge in [0.2, 0.25) is 0 Å².